The molecule has 0 radical (unpaired) electrons. The van der Waals surface area contributed by atoms with Crippen molar-refractivity contribution in [1.29, 1.82) is 0 Å². The van der Waals surface area contributed by atoms with E-state index < -0.39 is 0 Å². The molecule has 0 unspecified atom stereocenters. The van der Waals surface area contributed by atoms with Crippen molar-refractivity contribution >= 4 is 0 Å². The molecule has 1 nitrogen and oxygen atoms in total. The summed E-state index contributed by atoms with van der Waals surface area (Å²) < 4.78 is 5.13. The second kappa shape index (κ2) is 5.69. The Hall–Kier alpha value is -0.980. The zero-order valence-corrected chi connectivity index (χ0v) is 9.42. The molecular weight excluding hydrogens is 172 g/mol. The van der Waals surface area contributed by atoms with Gasteiger partial charge in [0, 0.05) is 0 Å². The van der Waals surface area contributed by atoms with Crippen LogP contribution in [0, 0.1) is 0 Å². The van der Waals surface area contributed by atoms with Crippen molar-refractivity contribution in [1.82, 2.24) is 0 Å². The molecule has 1 aromatic carbocycles. The molecule has 0 saturated carbocycles. The minimum Gasteiger partial charge on any atom is -0.497 e. The van der Waals surface area contributed by atoms with Crippen molar-refractivity contribution in [3.8, 4) is 5.75 Å². The summed E-state index contributed by atoms with van der Waals surface area (Å²) in [5.74, 6) is 1.61. The molecule has 0 saturated heterocycles. The van der Waals surface area contributed by atoms with E-state index in [0.717, 1.165) is 5.75 Å². The average Bonchev–Trinajstić information content (AvgIpc) is 2.26. The fraction of sp³-hybridized carbons (Fsp3) is 0.538. The first-order chi connectivity index (χ1) is 6.77. The van der Waals surface area contributed by atoms with Crippen LogP contribution in [0.2, 0.25) is 0 Å². The summed E-state index contributed by atoms with van der Waals surface area (Å²) in [6, 6.07) is 8.41. The normalized spacial score (nSPS) is 12.5. The highest BCUT2D eigenvalue weighted by atomic mass is 16.5. The summed E-state index contributed by atoms with van der Waals surface area (Å²) in [4.78, 5) is 0. The van der Waals surface area contributed by atoms with Gasteiger partial charge in [0.05, 0.1) is 7.11 Å². The lowest BCUT2D eigenvalue weighted by Gasteiger charge is -2.11. The van der Waals surface area contributed by atoms with E-state index >= 15 is 0 Å². The van der Waals surface area contributed by atoms with E-state index in [1.807, 2.05) is 12.1 Å². The van der Waals surface area contributed by atoms with Gasteiger partial charge in [0.2, 0.25) is 0 Å². The Morgan fingerprint density at radius 1 is 1.21 bits per heavy atom. The number of methoxy groups -OCH3 is 1. The minimum absolute atomic E-state index is 0.667. The monoisotopic (exact) mass is 192 g/mol. The first-order valence-electron chi connectivity index (χ1n) is 5.42. The van der Waals surface area contributed by atoms with E-state index in [9.17, 15) is 0 Å². The highest BCUT2D eigenvalue weighted by molar-refractivity contribution is 5.28. The number of unbranched alkanes of at least 4 members (excludes halogenated alkanes) is 1. The van der Waals surface area contributed by atoms with Crippen LogP contribution in [0.25, 0.3) is 0 Å². The fourth-order valence-electron chi connectivity index (χ4n) is 1.61. The van der Waals surface area contributed by atoms with E-state index in [2.05, 4.69) is 26.0 Å². The van der Waals surface area contributed by atoms with Crippen LogP contribution in [0.1, 0.15) is 44.6 Å². The van der Waals surface area contributed by atoms with Gasteiger partial charge < -0.3 is 4.74 Å². The predicted molar refractivity (Wildman–Crippen MR) is 60.9 cm³/mol. The Morgan fingerprint density at radius 3 is 2.36 bits per heavy atom. The van der Waals surface area contributed by atoms with Crippen LogP contribution in [0.4, 0.5) is 0 Å². The lowest BCUT2D eigenvalue weighted by atomic mass is 9.96. The number of hydrogen-bond donors (Lipinski definition) is 0. The first-order valence-corrected chi connectivity index (χ1v) is 5.42. The maximum atomic E-state index is 5.13. The van der Waals surface area contributed by atoms with Gasteiger partial charge in [-0.15, -0.1) is 0 Å². The van der Waals surface area contributed by atoms with Gasteiger partial charge in [-0.05, 0) is 30.0 Å². The van der Waals surface area contributed by atoms with Crippen LogP contribution in [0.3, 0.4) is 0 Å². The van der Waals surface area contributed by atoms with Gasteiger partial charge in [-0.25, -0.2) is 0 Å². The number of hydrogen-bond acceptors (Lipinski definition) is 1. The Morgan fingerprint density at radius 2 is 1.86 bits per heavy atom. The molecular formula is C13H20O. The third-order valence-corrected chi connectivity index (χ3v) is 2.68. The molecule has 1 rings (SSSR count). The van der Waals surface area contributed by atoms with Crippen LogP contribution >= 0.6 is 0 Å². The highest BCUT2D eigenvalue weighted by Crippen LogP contribution is 2.23. The number of rotatable bonds is 5. The van der Waals surface area contributed by atoms with Crippen molar-refractivity contribution in [2.75, 3.05) is 7.11 Å². The summed E-state index contributed by atoms with van der Waals surface area (Å²) in [5, 5.41) is 0. The van der Waals surface area contributed by atoms with Crippen molar-refractivity contribution in [2.24, 2.45) is 0 Å². The van der Waals surface area contributed by atoms with Gasteiger partial charge in [-0.1, -0.05) is 38.8 Å². The molecule has 0 spiro atoms. The largest absolute Gasteiger partial charge is 0.497 e. The van der Waals surface area contributed by atoms with E-state index in [1.165, 1.54) is 24.8 Å². The third kappa shape index (κ3) is 3.06. The van der Waals surface area contributed by atoms with E-state index in [1.54, 1.807) is 7.11 Å². The second-order valence-corrected chi connectivity index (χ2v) is 3.82. The summed E-state index contributed by atoms with van der Waals surface area (Å²) >= 11 is 0. The number of ether oxygens (including phenoxy) is 1. The Balaban J connectivity index is 2.57. The molecule has 0 fully saturated rings. The lowest BCUT2D eigenvalue weighted by Crippen LogP contribution is -1.93. The summed E-state index contributed by atoms with van der Waals surface area (Å²) in [6.45, 7) is 4.53. The van der Waals surface area contributed by atoms with Crippen LogP contribution in [0.15, 0.2) is 24.3 Å². The van der Waals surface area contributed by atoms with E-state index in [4.69, 9.17) is 4.74 Å². The van der Waals surface area contributed by atoms with Crippen molar-refractivity contribution in [3.05, 3.63) is 29.8 Å². The van der Waals surface area contributed by atoms with Gasteiger partial charge in [0.15, 0.2) is 0 Å². The molecule has 0 aromatic heterocycles. The molecule has 0 amide bonds. The molecule has 0 N–H and O–H groups in total. The van der Waals surface area contributed by atoms with Crippen molar-refractivity contribution in [2.45, 2.75) is 39.0 Å². The zero-order valence-electron chi connectivity index (χ0n) is 9.42. The quantitative estimate of drug-likeness (QED) is 0.685. The van der Waals surface area contributed by atoms with Crippen LogP contribution < -0.4 is 4.74 Å². The van der Waals surface area contributed by atoms with Gasteiger partial charge in [-0.2, -0.15) is 0 Å². The SMILES string of the molecule is CCCC[C@@H](C)c1ccc(OC)cc1. The van der Waals surface area contributed by atoms with Gasteiger partial charge in [0.1, 0.15) is 5.75 Å². The van der Waals surface area contributed by atoms with Crippen molar-refractivity contribution in [3.63, 3.8) is 0 Å². The van der Waals surface area contributed by atoms with Crippen LogP contribution in [0.5, 0.6) is 5.75 Å². The molecule has 1 aromatic rings. The third-order valence-electron chi connectivity index (χ3n) is 2.68. The molecule has 78 valence electrons. The molecule has 0 aliphatic rings. The second-order valence-electron chi connectivity index (χ2n) is 3.82. The Bertz CT molecular complexity index is 250. The standard InChI is InChI=1S/C13H20O/c1-4-5-6-11(2)12-7-9-13(14-3)10-8-12/h7-11H,4-6H2,1-3H3/t11-/m1/s1. The number of benzene rings is 1. The lowest BCUT2D eigenvalue weighted by molar-refractivity contribution is 0.414. The summed E-state index contributed by atoms with van der Waals surface area (Å²) in [5.41, 5.74) is 1.42. The van der Waals surface area contributed by atoms with Gasteiger partial charge in [-0.3, -0.25) is 0 Å². The van der Waals surface area contributed by atoms with Crippen LogP contribution in [-0.2, 0) is 0 Å². The predicted octanol–water partition coefficient (Wildman–Crippen LogP) is 3.99. The molecule has 1 heteroatoms. The molecule has 1 atom stereocenters. The van der Waals surface area contributed by atoms with Gasteiger partial charge in [0.25, 0.3) is 0 Å². The van der Waals surface area contributed by atoms with Gasteiger partial charge >= 0.3 is 0 Å². The molecule has 0 aliphatic heterocycles. The van der Waals surface area contributed by atoms with E-state index in [0.29, 0.717) is 5.92 Å². The molecule has 0 bridgehead atoms. The van der Waals surface area contributed by atoms with Crippen molar-refractivity contribution < 1.29 is 4.74 Å². The maximum Gasteiger partial charge on any atom is 0.118 e. The van der Waals surface area contributed by atoms with E-state index in [-0.39, 0.29) is 0 Å². The van der Waals surface area contributed by atoms with Crippen LogP contribution in [-0.4, -0.2) is 7.11 Å². The molecule has 14 heavy (non-hydrogen) atoms. The Labute approximate surface area is 87.1 Å². The topological polar surface area (TPSA) is 9.23 Å². The average molecular weight is 192 g/mol. The maximum absolute atomic E-state index is 5.13. The fourth-order valence-corrected chi connectivity index (χ4v) is 1.61. The smallest absolute Gasteiger partial charge is 0.118 e. The molecule has 0 heterocycles. The summed E-state index contributed by atoms with van der Waals surface area (Å²) in [7, 11) is 1.70. The summed E-state index contributed by atoms with van der Waals surface area (Å²) in [6.07, 6.45) is 3.87. The minimum atomic E-state index is 0.667. The highest BCUT2D eigenvalue weighted by Gasteiger charge is 2.04. The Kier molecular flexibility index (Phi) is 4.51. The zero-order chi connectivity index (χ0) is 10.4. The first kappa shape index (κ1) is 11.1. The molecule has 0 aliphatic carbocycles.